The number of fused-ring (bicyclic) bond motifs is 6. The second-order valence-electron chi connectivity index (χ2n) is 14.0. The molecular formula is C51H31N3O2. The molecule has 0 bridgehead atoms. The Balaban J connectivity index is 1.01. The van der Waals surface area contributed by atoms with Crippen LogP contribution in [0.2, 0.25) is 0 Å². The molecule has 5 nitrogen and oxygen atoms in total. The van der Waals surface area contributed by atoms with Gasteiger partial charge in [0.2, 0.25) is 0 Å². The van der Waals surface area contributed by atoms with E-state index in [-0.39, 0.29) is 0 Å². The van der Waals surface area contributed by atoms with Crippen LogP contribution in [0.5, 0.6) is 0 Å². The highest BCUT2D eigenvalue weighted by atomic mass is 16.3. The molecule has 11 aromatic rings. The molecule has 11 rings (SSSR count). The summed E-state index contributed by atoms with van der Waals surface area (Å²) in [5.41, 5.74) is 12.7. The van der Waals surface area contributed by atoms with Gasteiger partial charge in [0, 0.05) is 43.8 Å². The second-order valence-corrected chi connectivity index (χ2v) is 14.0. The molecule has 0 aliphatic carbocycles. The maximum Gasteiger partial charge on any atom is 0.164 e. The summed E-state index contributed by atoms with van der Waals surface area (Å²) >= 11 is 0. The molecule has 0 spiro atoms. The van der Waals surface area contributed by atoms with Gasteiger partial charge in [0.15, 0.2) is 17.5 Å². The van der Waals surface area contributed by atoms with Gasteiger partial charge < -0.3 is 8.83 Å². The van der Waals surface area contributed by atoms with Crippen molar-refractivity contribution >= 4 is 43.9 Å². The minimum Gasteiger partial charge on any atom is -0.456 e. The van der Waals surface area contributed by atoms with Gasteiger partial charge in [-0.25, -0.2) is 15.0 Å². The lowest BCUT2D eigenvalue weighted by atomic mass is 9.97. The van der Waals surface area contributed by atoms with E-state index in [1.54, 1.807) is 0 Å². The van der Waals surface area contributed by atoms with Crippen molar-refractivity contribution in [3.63, 3.8) is 0 Å². The largest absolute Gasteiger partial charge is 0.456 e. The fraction of sp³-hybridized carbons (Fsp3) is 0. The highest BCUT2D eigenvalue weighted by molar-refractivity contribution is 6.15. The molecule has 0 saturated heterocycles. The summed E-state index contributed by atoms with van der Waals surface area (Å²) < 4.78 is 12.8. The Morgan fingerprint density at radius 3 is 1.50 bits per heavy atom. The molecule has 0 radical (unpaired) electrons. The molecule has 8 aromatic carbocycles. The Bertz CT molecular complexity index is 3220. The second kappa shape index (κ2) is 13.0. The predicted molar refractivity (Wildman–Crippen MR) is 227 cm³/mol. The molecular weight excluding hydrogens is 687 g/mol. The number of hydrogen-bond donors (Lipinski definition) is 0. The molecule has 56 heavy (non-hydrogen) atoms. The monoisotopic (exact) mass is 717 g/mol. The first kappa shape index (κ1) is 31.9. The maximum absolute atomic E-state index is 6.59. The van der Waals surface area contributed by atoms with Crippen molar-refractivity contribution in [2.45, 2.75) is 0 Å². The van der Waals surface area contributed by atoms with Crippen LogP contribution in [-0.2, 0) is 0 Å². The molecule has 0 aliphatic heterocycles. The van der Waals surface area contributed by atoms with E-state index in [1.807, 2.05) is 42.5 Å². The van der Waals surface area contributed by atoms with E-state index >= 15 is 0 Å². The average molecular weight is 718 g/mol. The van der Waals surface area contributed by atoms with Gasteiger partial charge in [-0.3, -0.25) is 0 Å². The zero-order chi connectivity index (χ0) is 37.0. The molecule has 0 fully saturated rings. The van der Waals surface area contributed by atoms with Crippen molar-refractivity contribution < 1.29 is 8.83 Å². The number of aromatic nitrogens is 3. The van der Waals surface area contributed by atoms with Crippen LogP contribution in [0.1, 0.15) is 0 Å². The van der Waals surface area contributed by atoms with Crippen LogP contribution >= 0.6 is 0 Å². The maximum atomic E-state index is 6.59. The molecule has 0 unspecified atom stereocenters. The first-order valence-corrected chi connectivity index (χ1v) is 18.7. The Hall–Kier alpha value is -7.63. The third-order valence-electron chi connectivity index (χ3n) is 10.6. The molecule has 0 atom stereocenters. The minimum absolute atomic E-state index is 0.574. The van der Waals surface area contributed by atoms with Crippen molar-refractivity contribution in [3.8, 4) is 67.5 Å². The molecule has 0 N–H and O–H groups in total. The third kappa shape index (κ3) is 5.45. The number of rotatable bonds is 6. The first-order chi connectivity index (χ1) is 27.7. The fourth-order valence-electron chi connectivity index (χ4n) is 7.80. The normalized spacial score (nSPS) is 11.6. The van der Waals surface area contributed by atoms with Gasteiger partial charge in [0.1, 0.15) is 22.3 Å². The fourth-order valence-corrected chi connectivity index (χ4v) is 7.80. The van der Waals surface area contributed by atoms with Crippen molar-refractivity contribution in [1.29, 1.82) is 0 Å². The highest BCUT2D eigenvalue weighted by Crippen LogP contribution is 2.41. The predicted octanol–water partition coefficient (Wildman–Crippen LogP) is 13.7. The van der Waals surface area contributed by atoms with Crippen molar-refractivity contribution in [2.24, 2.45) is 0 Å². The standard InChI is InChI=1S/C51H31N3O2/c1-3-11-32(12-4-1)33-21-25-36(26-22-33)49-52-50(54-51(53-49)38-29-30-42-41-15-7-8-19-44(41)55-46(42)31-38)37-27-23-35(24-28-37)40-17-9-18-43-47-39(34-13-5-2-6-14-34)16-10-20-45(47)56-48(40)43/h1-31H. The van der Waals surface area contributed by atoms with Gasteiger partial charge >= 0.3 is 0 Å². The van der Waals surface area contributed by atoms with Crippen LogP contribution in [0.25, 0.3) is 111 Å². The highest BCUT2D eigenvalue weighted by Gasteiger charge is 2.18. The Morgan fingerprint density at radius 1 is 0.286 bits per heavy atom. The lowest BCUT2D eigenvalue weighted by Gasteiger charge is -2.10. The molecule has 0 aliphatic rings. The minimum atomic E-state index is 0.574. The summed E-state index contributed by atoms with van der Waals surface area (Å²) in [6, 6.07) is 64.5. The summed E-state index contributed by atoms with van der Waals surface area (Å²) in [5.74, 6) is 1.76. The number of benzene rings is 8. The summed E-state index contributed by atoms with van der Waals surface area (Å²) in [6.45, 7) is 0. The Labute approximate surface area is 322 Å². The van der Waals surface area contributed by atoms with Gasteiger partial charge in [0.25, 0.3) is 0 Å². The smallest absolute Gasteiger partial charge is 0.164 e. The number of hydrogen-bond acceptors (Lipinski definition) is 5. The molecule has 0 amide bonds. The average Bonchev–Trinajstić information content (AvgIpc) is 3.85. The van der Waals surface area contributed by atoms with Crippen LogP contribution in [-0.4, -0.2) is 15.0 Å². The summed E-state index contributed by atoms with van der Waals surface area (Å²) in [7, 11) is 0. The van der Waals surface area contributed by atoms with E-state index in [2.05, 4.69) is 146 Å². The molecule has 3 heterocycles. The topological polar surface area (TPSA) is 65.0 Å². The van der Waals surface area contributed by atoms with Gasteiger partial charge in [0.05, 0.1) is 0 Å². The van der Waals surface area contributed by atoms with Gasteiger partial charge in [-0.1, -0.05) is 164 Å². The Morgan fingerprint density at radius 2 is 0.768 bits per heavy atom. The number of para-hydroxylation sites is 2. The van der Waals surface area contributed by atoms with E-state index in [4.69, 9.17) is 23.8 Å². The molecule has 3 aromatic heterocycles. The van der Waals surface area contributed by atoms with E-state index in [9.17, 15) is 0 Å². The SMILES string of the molecule is c1ccc(-c2ccc(-c3nc(-c4ccc(-c5cccc6c5oc5cccc(-c7ccccc7)c56)cc4)nc(-c4ccc5c(c4)oc4ccccc45)n3)cc2)cc1. The molecule has 0 saturated carbocycles. The lowest BCUT2D eigenvalue weighted by molar-refractivity contribution is 0.669. The zero-order valence-electron chi connectivity index (χ0n) is 30.1. The van der Waals surface area contributed by atoms with Crippen molar-refractivity contribution in [3.05, 3.63) is 188 Å². The van der Waals surface area contributed by atoms with Crippen molar-refractivity contribution in [2.75, 3.05) is 0 Å². The number of furan rings is 2. The van der Waals surface area contributed by atoms with E-state index in [0.717, 1.165) is 93.9 Å². The van der Waals surface area contributed by atoms with Gasteiger partial charge in [-0.15, -0.1) is 0 Å². The zero-order valence-corrected chi connectivity index (χ0v) is 30.1. The van der Waals surface area contributed by atoms with Crippen LogP contribution in [0.15, 0.2) is 197 Å². The molecule has 5 heteroatoms. The van der Waals surface area contributed by atoms with Crippen molar-refractivity contribution in [1.82, 2.24) is 15.0 Å². The third-order valence-corrected chi connectivity index (χ3v) is 10.6. The van der Waals surface area contributed by atoms with E-state index < -0.39 is 0 Å². The summed E-state index contributed by atoms with van der Waals surface area (Å²) in [4.78, 5) is 15.2. The number of nitrogens with zero attached hydrogens (tertiary/aromatic N) is 3. The first-order valence-electron chi connectivity index (χ1n) is 18.7. The van der Waals surface area contributed by atoms with Gasteiger partial charge in [-0.05, 0) is 52.1 Å². The lowest BCUT2D eigenvalue weighted by Crippen LogP contribution is -2.00. The van der Waals surface area contributed by atoms with Crippen LogP contribution in [0.4, 0.5) is 0 Å². The molecule has 262 valence electrons. The van der Waals surface area contributed by atoms with E-state index in [1.165, 1.54) is 0 Å². The van der Waals surface area contributed by atoms with E-state index in [0.29, 0.717) is 17.5 Å². The van der Waals surface area contributed by atoms with Gasteiger partial charge in [-0.2, -0.15) is 0 Å². The van der Waals surface area contributed by atoms with Crippen LogP contribution < -0.4 is 0 Å². The summed E-state index contributed by atoms with van der Waals surface area (Å²) in [6.07, 6.45) is 0. The van der Waals surface area contributed by atoms with Crippen LogP contribution in [0, 0.1) is 0 Å². The summed E-state index contributed by atoms with van der Waals surface area (Å²) in [5, 5.41) is 4.35. The quantitative estimate of drug-likeness (QED) is 0.171. The van der Waals surface area contributed by atoms with Crippen LogP contribution in [0.3, 0.4) is 0 Å². The Kier molecular flexibility index (Phi) is 7.42.